The summed E-state index contributed by atoms with van der Waals surface area (Å²) in [6.07, 6.45) is 1.98. The molecular weight excluding hydrogens is 426 g/mol. The second-order valence-electron chi connectivity index (χ2n) is 8.62. The van der Waals surface area contributed by atoms with Crippen molar-refractivity contribution in [3.63, 3.8) is 0 Å². The van der Waals surface area contributed by atoms with Gasteiger partial charge in [-0.3, -0.25) is 9.69 Å². The number of carbonyl (C=O) groups is 2. The molecule has 0 aromatic heterocycles. The number of fused-ring (bicyclic) bond motifs is 1. The van der Waals surface area contributed by atoms with Crippen LogP contribution in [-0.4, -0.2) is 18.9 Å². The fraction of sp³-hybridized carbons (Fsp3) is 0.214. The lowest BCUT2D eigenvalue weighted by atomic mass is 9.85. The molecule has 1 aliphatic carbocycles. The number of allylic oxidation sites excluding steroid dienone is 1. The molecule has 3 aromatic carbocycles. The second-order valence-corrected chi connectivity index (χ2v) is 8.62. The third-order valence-electron chi connectivity index (χ3n) is 6.39. The minimum Gasteiger partial charge on any atom is -0.496 e. The number of urea groups is 1. The van der Waals surface area contributed by atoms with Gasteiger partial charge < -0.3 is 15.4 Å². The fourth-order valence-corrected chi connectivity index (χ4v) is 4.77. The molecule has 0 saturated heterocycles. The molecule has 3 aromatic rings. The molecule has 0 fully saturated rings. The van der Waals surface area contributed by atoms with Gasteiger partial charge in [0.1, 0.15) is 5.75 Å². The molecule has 5 rings (SSSR count). The molecule has 6 heteroatoms. The van der Waals surface area contributed by atoms with Gasteiger partial charge in [-0.15, -0.1) is 0 Å². The molecule has 0 saturated carbocycles. The van der Waals surface area contributed by atoms with Crippen LogP contribution in [0, 0.1) is 6.92 Å². The van der Waals surface area contributed by atoms with Crippen LogP contribution in [0.2, 0.25) is 0 Å². The Bertz CT molecular complexity index is 1280. The number of aryl methyl sites for hydroxylation is 1. The van der Waals surface area contributed by atoms with Crippen LogP contribution in [-0.2, 0) is 4.79 Å². The molecule has 0 spiro atoms. The number of para-hydroxylation sites is 3. The Hall–Kier alpha value is -4.06. The Morgan fingerprint density at radius 3 is 2.53 bits per heavy atom. The Labute approximate surface area is 199 Å². The molecule has 0 radical (unpaired) electrons. The van der Waals surface area contributed by atoms with Crippen LogP contribution in [0.15, 0.2) is 84.1 Å². The normalized spacial score (nSPS) is 17.3. The maximum absolute atomic E-state index is 13.9. The topological polar surface area (TPSA) is 70.7 Å². The van der Waals surface area contributed by atoms with E-state index in [0.29, 0.717) is 29.1 Å². The summed E-state index contributed by atoms with van der Waals surface area (Å²) in [7, 11) is 1.61. The maximum atomic E-state index is 13.9. The zero-order valence-corrected chi connectivity index (χ0v) is 19.3. The molecular formula is C28H27N3O3. The number of anilines is 3. The minimum atomic E-state index is -0.638. The average molecular weight is 454 g/mol. The number of hydrogen-bond donors (Lipinski definition) is 2. The first-order chi connectivity index (χ1) is 16.6. The number of ether oxygens (including phenoxy) is 1. The number of carbonyl (C=O) groups excluding carboxylic acids is 2. The van der Waals surface area contributed by atoms with Crippen molar-refractivity contribution in [3.05, 3.63) is 95.2 Å². The number of amides is 2. The predicted molar refractivity (Wildman–Crippen MR) is 134 cm³/mol. The van der Waals surface area contributed by atoms with Gasteiger partial charge in [-0.1, -0.05) is 48.0 Å². The fourth-order valence-electron chi connectivity index (χ4n) is 4.77. The molecule has 34 heavy (non-hydrogen) atoms. The molecule has 0 bridgehead atoms. The van der Waals surface area contributed by atoms with Crippen molar-refractivity contribution < 1.29 is 14.3 Å². The van der Waals surface area contributed by atoms with E-state index in [0.717, 1.165) is 35.4 Å². The van der Waals surface area contributed by atoms with Gasteiger partial charge in [-0.2, -0.15) is 0 Å². The molecule has 1 atom stereocenters. The van der Waals surface area contributed by atoms with Gasteiger partial charge in [0.05, 0.1) is 24.5 Å². The summed E-state index contributed by atoms with van der Waals surface area (Å²) in [5.74, 6) is 0.677. The van der Waals surface area contributed by atoms with Crippen molar-refractivity contribution in [1.82, 2.24) is 0 Å². The summed E-state index contributed by atoms with van der Waals surface area (Å²) in [5, 5.41) is 6.52. The SMILES string of the molecule is COc1ccccc1C1C2=C(CCCC2=O)Nc2ccccc2N1C(=O)Nc1ccc(C)cc1. The van der Waals surface area contributed by atoms with Crippen LogP contribution < -0.4 is 20.3 Å². The first-order valence-electron chi connectivity index (χ1n) is 11.5. The summed E-state index contributed by atoms with van der Waals surface area (Å²) in [4.78, 5) is 29.0. The zero-order valence-electron chi connectivity index (χ0n) is 19.3. The van der Waals surface area contributed by atoms with Crippen molar-refractivity contribution in [2.45, 2.75) is 32.2 Å². The summed E-state index contributed by atoms with van der Waals surface area (Å²) >= 11 is 0. The Morgan fingerprint density at radius 2 is 1.74 bits per heavy atom. The quantitative estimate of drug-likeness (QED) is 0.494. The largest absolute Gasteiger partial charge is 0.496 e. The van der Waals surface area contributed by atoms with Crippen molar-refractivity contribution in [2.24, 2.45) is 0 Å². The number of hydrogen-bond acceptors (Lipinski definition) is 4. The van der Waals surface area contributed by atoms with Crippen LogP contribution in [0.3, 0.4) is 0 Å². The molecule has 2 aliphatic rings. The van der Waals surface area contributed by atoms with E-state index in [1.165, 1.54) is 0 Å². The highest BCUT2D eigenvalue weighted by molar-refractivity contribution is 6.09. The van der Waals surface area contributed by atoms with E-state index in [2.05, 4.69) is 10.6 Å². The summed E-state index contributed by atoms with van der Waals surface area (Å²) in [5.41, 5.74) is 5.54. The van der Waals surface area contributed by atoms with E-state index in [9.17, 15) is 9.59 Å². The van der Waals surface area contributed by atoms with Gasteiger partial charge in [0.15, 0.2) is 5.78 Å². The molecule has 1 unspecified atom stereocenters. The zero-order chi connectivity index (χ0) is 23.7. The highest BCUT2D eigenvalue weighted by Gasteiger charge is 2.40. The Kier molecular flexibility index (Phi) is 5.80. The lowest BCUT2D eigenvalue weighted by molar-refractivity contribution is -0.116. The van der Waals surface area contributed by atoms with Crippen molar-refractivity contribution in [1.29, 1.82) is 0 Å². The van der Waals surface area contributed by atoms with E-state index in [1.54, 1.807) is 12.0 Å². The van der Waals surface area contributed by atoms with Crippen LogP contribution in [0.4, 0.5) is 21.9 Å². The van der Waals surface area contributed by atoms with Gasteiger partial charge >= 0.3 is 6.03 Å². The standard InChI is InChI=1S/C28H27N3O3/c1-18-14-16-19(17-15-18)29-28(33)31-23-11-5-4-9-21(23)30-22-10-7-12-24(32)26(22)27(31)20-8-3-6-13-25(20)34-2/h3-6,8-9,11,13-17,27,30H,7,10,12H2,1-2H3,(H,29,33). The van der Waals surface area contributed by atoms with Crippen LogP contribution >= 0.6 is 0 Å². The molecule has 2 amide bonds. The molecule has 1 aliphatic heterocycles. The van der Waals surface area contributed by atoms with E-state index in [1.807, 2.05) is 79.7 Å². The smallest absolute Gasteiger partial charge is 0.327 e. The number of ketones is 1. The number of nitrogens with one attached hydrogen (secondary N) is 2. The third kappa shape index (κ3) is 3.92. The van der Waals surface area contributed by atoms with Crippen LogP contribution in [0.25, 0.3) is 0 Å². The molecule has 172 valence electrons. The van der Waals surface area contributed by atoms with Gasteiger partial charge in [0, 0.05) is 28.9 Å². The van der Waals surface area contributed by atoms with E-state index in [4.69, 9.17) is 4.74 Å². The maximum Gasteiger partial charge on any atom is 0.327 e. The van der Waals surface area contributed by atoms with E-state index >= 15 is 0 Å². The summed E-state index contributed by atoms with van der Waals surface area (Å²) in [6.45, 7) is 2.00. The number of benzene rings is 3. The van der Waals surface area contributed by atoms with E-state index in [-0.39, 0.29) is 11.8 Å². The Balaban J connectivity index is 1.72. The lowest BCUT2D eigenvalue weighted by Crippen LogP contribution is -2.40. The molecule has 2 N–H and O–H groups in total. The third-order valence-corrected chi connectivity index (χ3v) is 6.39. The van der Waals surface area contributed by atoms with Gasteiger partial charge in [-0.25, -0.2) is 4.79 Å². The number of nitrogens with zero attached hydrogens (tertiary/aromatic N) is 1. The average Bonchev–Trinajstić information content (AvgIpc) is 3.00. The number of rotatable bonds is 3. The molecule has 1 heterocycles. The number of Topliss-reactive ketones (excluding diaryl/α,β-unsaturated/α-hetero) is 1. The van der Waals surface area contributed by atoms with Crippen LogP contribution in [0.1, 0.15) is 36.4 Å². The lowest BCUT2D eigenvalue weighted by Gasteiger charge is -2.34. The minimum absolute atomic E-state index is 0.0469. The highest BCUT2D eigenvalue weighted by Crippen LogP contribution is 2.46. The van der Waals surface area contributed by atoms with Crippen molar-refractivity contribution >= 4 is 28.9 Å². The molecule has 6 nitrogen and oxygen atoms in total. The van der Waals surface area contributed by atoms with E-state index < -0.39 is 6.04 Å². The number of methoxy groups -OCH3 is 1. The van der Waals surface area contributed by atoms with Gasteiger partial charge in [0.25, 0.3) is 0 Å². The van der Waals surface area contributed by atoms with Crippen molar-refractivity contribution in [2.75, 3.05) is 22.6 Å². The predicted octanol–water partition coefficient (Wildman–Crippen LogP) is 6.22. The summed E-state index contributed by atoms with van der Waals surface area (Å²) in [6, 6.07) is 22.0. The highest BCUT2D eigenvalue weighted by atomic mass is 16.5. The monoisotopic (exact) mass is 453 g/mol. The van der Waals surface area contributed by atoms with Gasteiger partial charge in [-0.05, 0) is 50.1 Å². The Morgan fingerprint density at radius 1 is 1.00 bits per heavy atom. The summed E-state index contributed by atoms with van der Waals surface area (Å²) < 4.78 is 5.69. The first-order valence-corrected chi connectivity index (χ1v) is 11.5. The van der Waals surface area contributed by atoms with Crippen LogP contribution in [0.5, 0.6) is 5.75 Å². The van der Waals surface area contributed by atoms with Gasteiger partial charge in [0.2, 0.25) is 0 Å². The first kappa shape index (κ1) is 21.8. The van der Waals surface area contributed by atoms with Crippen molar-refractivity contribution in [3.8, 4) is 5.75 Å². The second kappa shape index (κ2) is 9.06.